The number of hydrogen-bond donors (Lipinski definition) is 1. The van der Waals surface area contributed by atoms with Crippen molar-refractivity contribution in [1.29, 1.82) is 0 Å². The van der Waals surface area contributed by atoms with E-state index in [1.54, 1.807) is 11.3 Å². The average molecular weight is 253 g/mol. The number of aryl methyl sites for hydroxylation is 1. The SMILES string of the molecule is Cc1sccc1C=CCNC(=O)OC(C)(C)C. The summed E-state index contributed by atoms with van der Waals surface area (Å²) in [5, 5.41) is 4.73. The minimum atomic E-state index is -0.447. The summed E-state index contributed by atoms with van der Waals surface area (Å²) >= 11 is 1.71. The molecule has 4 heteroatoms. The highest BCUT2D eigenvalue weighted by Crippen LogP contribution is 2.16. The quantitative estimate of drug-likeness (QED) is 0.894. The molecule has 1 aromatic heterocycles. The Labute approximate surface area is 106 Å². The number of ether oxygens (including phenoxy) is 1. The Balaban J connectivity index is 2.31. The molecule has 0 bridgehead atoms. The van der Waals surface area contributed by atoms with Crippen molar-refractivity contribution in [3.8, 4) is 0 Å². The number of nitrogens with one attached hydrogen (secondary N) is 1. The van der Waals surface area contributed by atoms with Crippen LogP contribution in [0, 0.1) is 6.92 Å². The molecule has 0 spiro atoms. The highest BCUT2D eigenvalue weighted by atomic mass is 32.1. The van der Waals surface area contributed by atoms with E-state index in [0.29, 0.717) is 6.54 Å². The van der Waals surface area contributed by atoms with Crippen molar-refractivity contribution in [2.45, 2.75) is 33.3 Å². The lowest BCUT2D eigenvalue weighted by Crippen LogP contribution is -2.32. The van der Waals surface area contributed by atoms with Gasteiger partial charge in [0.05, 0.1) is 0 Å². The molecule has 0 aliphatic carbocycles. The van der Waals surface area contributed by atoms with Gasteiger partial charge >= 0.3 is 6.09 Å². The molecule has 0 saturated carbocycles. The van der Waals surface area contributed by atoms with E-state index in [1.807, 2.05) is 32.9 Å². The summed E-state index contributed by atoms with van der Waals surface area (Å²) in [6.07, 6.45) is 3.53. The van der Waals surface area contributed by atoms with Crippen LogP contribution in [-0.4, -0.2) is 18.2 Å². The van der Waals surface area contributed by atoms with Gasteiger partial charge in [0.2, 0.25) is 0 Å². The standard InChI is InChI=1S/C13H19NO2S/c1-10-11(7-9-17-10)6-5-8-14-12(15)16-13(2,3)4/h5-7,9H,8H2,1-4H3,(H,14,15). The Bertz CT molecular complexity index is 402. The molecule has 94 valence electrons. The third-order valence-electron chi connectivity index (χ3n) is 1.96. The van der Waals surface area contributed by atoms with Crippen LogP contribution < -0.4 is 5.32 Å². The van der Waals surface area contributed by atoms with Crippen molar-refractivity contribution in [3.05, 3.63) is 28.0 Å². The Morgan fingerprint density at radius 1 is 1.53 bits per heavy atom. The van der Waals surface area contributed by atoms with Gasteiger partial charge in [-0.15, -0.1) is 11.3 Å². The smallest absolute Gasteiger partial charge is 0.407 e. The highest BCUT2D eigenvalue weighted by Gasteiger charge is 2.14. The van der Waals surface area contributed by atoms with E-state index in [-0.39, 0.29) is 6.09 Å². The van der Waals surface area contributed by atoms with E-state index in [1.165, 1.54) is 10.4 Å². The monoisotopic (exact) mass is 253 g/mol. The minimum Gasteiger partial charge on any atom is -0.444 e. The molecule has 0 unspecified atom stereocenters. The van der Waals surface area contributed by atoms with E-state index in [0.717, 1.165) is 0 Å². The van der Waals surface area contributed by atoms with Crippen molar-refractivity contribution in [3.63, 3.8) is 0 Å². The van der Waals surface area contributed by atoms with Crippen LogP contribution in [0.2, 0.25) is 0 Å². The number of carbonyl (C=O) groups is 1. The van der Waals surface area contributed by atoms with Gasteiger partial charge in [0.15, 0.2) is 0 Å². The van der Waals surface area contributed by atoms with Crippen molar-refractivity contribution in [1.82, 2.24) is 5.32 Å². The number of carbonyl (C=O) groups excluding carboxylic acids is 1. The van der Waals surface area contributed by atoms with Crippen LogP contribution in [0.15, 0.2) is 17.5 Å². The van der Waals surface area contributed by atoms with Gasteiger partial charge in [-0.3, -0.25) is 0 Å². The largest absolute Gasteiger partial charge is 0.444 e. The first kappa shape index (κ1) is 13.8. The third kappa shape index (κ3) is 5.54. The van der Waals surface area contributed by atoms with E-state index in [9.17, 15) is 4.79 Å². The molecule has 1 N–H and O–H groups in total. The zero-order valence-corrected chi connectivity index (χ0v) is 11.6. The maximum atomic E-state index is 11.3. The lowest BCUT2D eigenvalue weighted by Gasteiger charge is -2.19. The topological polar surface area (TPSA) is 38.3 Å². The highest BCUT2D eigenvalue weighted by molar-refractivity contribution is 7.10. The van der Waals surface area contributed by atoms with Gasteiger partial charge in [0.1, 0.15) is 5.60 Å². The summed E-state index contributed by atoms with van der Waals surface area (Å²) in [6, 6.07) is 2.06. The van der Waals surface area contributed by atoms with Crippen LogP contribution in [0.3, 0.4) is 0 Å². The molecule has 0 aliphatic heterocycles. The molecule has 0 aromatic carbocycles. The third-order valence-corrected chi connectivity index (χ3v) is 2.82. The Morgan fingerprint density at radius 2 is 2.24 bits per heavy atom. The summed E-state index contributed by atoms with van der Waals surface area (Å²) in [5.41, 5.74) is 0.749. The van der Waals surface area contributed by atoms with Gasteiger partial charge in [-0.1, -0.05) is 12.2 Å². The van der Waals surface area contributed by atoms with Crippen molar-refractivity contribution in [2.75, 3.05) is 6.54 Å². The number of rotatable bonds is 3. The Morgan fingerprint density at radius 3 is 2.76 bits per heavy atom. The van der Waals surface area contributed by atoms with Crippen molar-refractivity contribution >= 4 is 23.5 Å². The van der Waals surface area contributed by atoms with Crippen LogP contribution in [0.25, 0.3) is 6.08 Å². The van der Waals surface area contributed by atoms with Crippen molar-refractivity contribution < 1.29 is 9.53 Å². The second kappa shape index (κ2) is 5.87. The molecule has 0 aliphatic rings. The zero-order chi connectivity index (χ0) is 12.9. The summed E-state index contributed by atoms with van der Waals surface area (Å²) in [5.74, 6) is 0. The molecule has 3 nitrogen and oxygen atoms in total. The lowest BCUT2D eigenvalue weighted by molar-refractivity contribution is 0.0534. The molecular weight excluding hydrogens is 234 g/mol. The Kier molecular flexibility index (Phi) is 4.75. The second-order valence-electron chi connectivity index (χ2n) is 4.72. The molecule has 1 rings (SSSR count). The fraction of sp³-hybridized carbons (Fsp3) is 0.462. The molecule has 1 heterocycles. The minimum absolute atomic E-state index is 0.385. The summed E-state index contributed by atoms with van der Waals surface area (Å²) in [6.45, 7) is 8.08. The van der Waals surface area contributed by atoms with Crippen LogP contribution in [0.5, 0.6) is 0 Å². The first-order valence-corrected chi connectivity index (χ1v) is 6.44. The maximum absolute atomic E-state index is 11.3. The van der Waals surface area contributed by atoms with Gasteiger partial charge in [0.25, 0.3) is 0 Å². The van der Waals surface area contributed by atoms with E-state index >= 15 is 0 Å². The fourth-order valence-corrected chi connectivity index (χ4v) is 1.90. The molecule has 1 aromatic rings. The van der Waals surface area contributed by atoms with Gasteiger partial charge in [-0.2, -0.15) is 0 Å². The van der Waals surface area contributed by atoms with Crippen LogP contribution >= 0.6 is 11.3 Å². The number of amides is 1. The fourth-order valence-electron chi connectivity index (χ4n) is 1.21. The van der Waals surface area contributed by atoms with Crippen LogP contribution in [-0.2, 0) is 4.74 Å². The summed E-state index contributed by atoms with van der Waals surface area (Å²) in [4.78, 5) is 12.6. The molecular formula is C13H19NO2S. The Hall–Kier alpha value is -1.29. The summed E-state index contributed by atoms with van der Waals surface area (Å²) in [7, 11) is 0. The molecule has 0 atom stereocenters. The molecule has 0 saturated heterocycles. The van der Waals surface area contributed by atoms with Gasteiger partial charge in [0, 0.05) is 11.4 Å². The van der Waals surface area contributed by atoms with Crippen molar-refractivity contribution in [2.24, 2.45) is 0 Å². The first-order chi connectivity index (χ1) is 7.88. The lowest BCUT2D eigenvalue weighted by atomic mass is 10.2. The van der Waals surface area contributed by atoms with Crippen LogP contribution in [0.4, 0.5) is 4.79 Å². The number of hydrogen-bond acceptors (Lipinski definition) is 3. The molecule has 17 heavy (non-hydrogen) atoms. The van der Waals surface area contributed by atoms with E-state index in [4.69, 9.17) is 4.74 Å². The van der Waals surface area contributed by atoms with Crippen LogP contribution in [0.1, 0.15) is 31.2 Å². The average Bonchev–Trinajstić information content (AvgIpc) is 2.56. The predicted molar refractivity (Wildman–Crippen MR) is 72.3 cm³/mol. The van der Waals surface area contributed by atoms with E-state index < -0.39 is 5.60 Å². The molecule has 0 radical (unpaired) electrons. The van der Waals surface area contributed by atoms with Gasteiger partial charge in [-0.25, -0.2) is 4.79 Å². The summed E-state index contributed by atoms with van der Waals surface area (Å²) < 4.78 is 5.12. The second-order valence-corrected chi connectivity index (χ2v) is 5.84. The predicted octanol–water partition coefficient (Wildman–Crippen LogP) is 3.59. The number of thiophene rings is 1. The van der Waals surface area contributed by atoms with Gasteiger partial charge < -0.3 is 10.1 Å². The van der Waals surface area contributed by atoms with E-state index in [2.05, 4.69) is 23.7 Å². The molecule has 0 fully saturated rings. The van der Waals surface area contributed by atoms with Gasteiger partial charge in [-0.05, 0) is 44.7 Å². The number of alkyl carbamates (subject to hydrolysis) is 1. The zero-order valence-electron chi connectivity index (χ0n) is 10.7. The molecule has 1 amide bonds. The first-order valence-electron chi connectivity index (χ1n) is 5.56. The normalized spacial score (nSPS) is 11.8. The maximum Gasteiger partial charge on any atom is 0.407 e.